The number of hydrogen-bond donors (Lipinski definition) is 3. The molecule has 5 heteroatoms. The van der Waals surface area contributed by atoms with Crippen LogP contribution in [0.3, 0.4) is 0 Å². The summed E-state index contributed by atoms with van der Waals surface area (Å²) in [4.78, 5) is 24.1. The van der Waals surface area contributed by atoms with Crippen LogP contribution in [0.15, 0.2) is 42.5 Å². The number of rotatable bonds is 9. The SMILES string of the molecule is CCCCC(NC)C(=O)N[C@@H](Cc1cccc2ccccc12)C(=O)O. The molecular formula is C20H26N2O3. The number of nitrogens with one attached hydrogen (secondary N) is 2. The number of carbonyl (C=O) groups excluding carboxylic acids is 1. The molecule has 2 aromatic rings. The first-order valence-electron chi connectivity index (χ1n) is 8.74. The van der Waals surface area contributed by atoms with Crippen molar-refractivity contribution in [2.24, 2.45) is 0 Å². The quantitative estimate of drug-likeness (QED) is 0.655. The van der Waals surface area contributed by atoms with Gasteiger partial charge in [0.05, 0.1) is 6.04 Å². The molecular weight excluding hydrogens is 316 g/mol. The Balaban J connectivity index is 2.15. The average Bonchev–Trinajstić information content (AvgIpc) is 2.62. The second kappa shape index (κ2) is 9.18. The van der Waals surface area contributed by atoms with Crippen molar-refractivity contribution in [1.82, 2.24) is 10.6 Å². The number of carboxylic acids is 1. The third-order valence-corrected chi connectivity index (χ3v) is 4.43. The summed E-state index contributed by atoms with van der Waals surface area (Å²) in [5, 5.41) is 17.3. The van der Waals surface area contributed by atoms with Gasteiger partial charge in [0.2, 0.25) is 5.91 Å². The van der Waals surface area contributed by atoms with E-state index in [-0.39, 0.29) is 18.4 Å². The number of fused-ring (bicyclic) bond motifs is 1. The number of carboxylic acid groups (broad SMARTS) is 1. The minimum Gasteiger partial charge on any atom is -0.480 e. The minimum atomic E-state index is -1.02. The molecule has 3 N–H and O–H groups in total. The van der Waals surface area contributed by atoms with Gasteiger partial charge in [-0.3, -0.25) is 4.79 Å². The number of unbranched alkanes of at least 4 members (excludes halogenated alkanes) is 1. The van der Waals surface area contributed by atoms with Crippen LogP contribution in [-0.4, -0.2) is 36.1 Å². The maximum atomic E-state index is 12.4. The summed E-state index contributed by atoms with van der Waals surface area (Å²) in [7, 11) is 1.72. The summed E-state index contributed by atoms with van der Waals surface area (Å²) in [5.41, 5.74) is 0.917. The van der Waals surface area contributed by atoms with Gasteiger partial charge >= 0.3 is 5.97 Å². The number of carbonyl (C=O) groups is 2. The predicted octanol–water partition coefficient (Wildman–Crippen LogP) is 2.73. The van der Waals surface area contributed by atoms with E-state index < -0.39 is 12.0 Å². The summed E-state index contributed by atoms with van der Waals surface area (Å²) in [6.07, 6.45) is 2.86. The van der Waals surface area contributed by atoms with Gasteiger partial charge < -0.3 is 15.7 Å². The van der Waals surface area contributed by atoms with E-state index >= 15 is 0 Å². The molecule has 0 bridgehead atoms. The summed E-state index contributed by atoms with van der Waals surface area (Å²) in [5.74, 6) is -1.28. The summed E-state index contributed by atoms with van der Waals surface area (Å²) in [6.45, 7) is 2.06. The lowest BCUT2D eigenvalue weighted by molar-refractivity contribution is -0.142. The van der Waals surface area contributed by atoms with Crippen LogP contribution in [0.2, 0.25) is 0 Å². The lowest BCUT2D eigenvalue weighted by atomic mass is 9.98. The highest BCUT2D eigenvalue weighted by Crippen LogP contribution is 2.20. The topological polar surface area (TPSA) is 78.4 Å². The van der Waals surface area contributed by atoms with Crippen molar-refractivity contribution in [3.8, 4) is 0 Å². The molecule has 1 unspecified atom stereocenters. The molecule has 1 amide bonds. The molecule has 0 radical (unpaired) electrons. The molecule has 0 aromatic heterocycles. The zero-order valence-corrected chi connectivity index (χ0v) is 14.8. The van der Waals surface area contributed by atoms with Gasteiger partial charge in [0.25, 0.3) is 0 Å². The van der Waals surface area contributed by atoms with E-state index in [1.807, 2.05) is 42.5 Å². The summed E-state index contributed by atoms with van der Waals surface area (Å²) >= 11 is 0. The number of amides is 1. The Morgan fingerprint density at radius 3 is 2.48 bits per heavy atom. The fourth-order valence-electron chi connectivity index (χ4n) is 2.98. The van der Waals surface area contributed by atoms with E-state index in [0.717, 1.165) is 29.2 Å². The Labute approximate surface area is 148 Å². The van der Waals surface area contributed by atoms with Crippen LogP contribution in [0.4, 0.5) is 0 Å². The first kappa shape index (κ1) is 18.9. The van der Waals surface area contributed by atoms with Gasteiger partial charge in [-0.25, -0.2) is 4.79 Å². The molecule has 0 aliphatic heterocycles. The Kier molecular flexibility index (Phi) is 6.95. The van der Waals surface area contributed by atoms with E-state index in [9.17, 15) is 14.7 Å². The molecule has 2 atom stereocenters. The van der Waals surface area contributed by atoms with Gasteiger partial charge in [0, 0.05) is 6.42 Å². The smallest absolute Gasteiger partial charge is 0.326 e. The largest absolute Gasteiger partial charge is 0.480 e. The second-order valence-corrected chi connectivity index (χ2v) is 6.23. The average molecular weight is 342 g/mol. The Morgan fingerprint density at radius 1 is 1.08 bits per heavy atom. The van der Waals surface area contributed by atoms with Crippen LogP contribution in [0.25, 0.3) is 10.8 Å². The lowest BCUT2D eigenvalue weighted by Crippen LogP contribution is -2.50. The number of hydrogen-bond acceptors (Lipinski definition) is 3. The molecule has 0 fully saturated rings. The molecule has 2 aromatic carbocycles. The maximum Gasteiger partial charge on any atom is 0.326 e. The van der Waals surface area contributed by atoms with E-state index in [1.165, 1.54) is 0 Å². The zero-order valence-electron chi connectivity index (χ0n) is 14.8. The van der Waals surface area contributed by atoms with Crippen molar-refractivity contribution in [2.45, 2.75) is 44.7 Å². The molecule has 134 valence electrons. The monoisotopic (exact) mass is 342 g/mol. The van der Waals surface area contributed by atoms with Crippen molar-refractivity contribution in [3.63, 3.8) is 0 Å². The first-order chi connectivity index (χ1) is 12.1. The Bertz CT molecular complexity index is 724. The normalized spacial score (nSPS) is 13.4. The Hall–Kier alpha value is -2.40. The van der Waals surface area contributed by atoms with Crippen molar-refractivity contribution in [3.05, 3.63) is 48.0 Å². The highest BCUT2D eigenvalue weighted by Gasteiger charge is 2.24. The standard InChI is InChI=1S/C20H26N2O3/c1-3-4-12-17(21-2)19(23)22-18(20(24)25)13-15-10-7-9-14-8-5-6-11-16(14)15/h5-11,17-18,21H,3-4,12-13H2,1-2H3,(H,22,23)(H,24,25)/t17?,18-/m0/s1. The van der Waals surface area contributed by atoms with Crippen molar-refractivity contribution in [1.29, 1.82) is 0 Å². The van der Waals surface area contributed by atoms with Crippen LogP contribution >= 0.6 is 0 Å². The van der Waals surface area contributed by atoms with Gasteiger partial charge in [-0.2, -0.15) is 0 Å². The van der Waals surface area contributed by atoms with Crippen molar-refractivity contribution >= 4 is 22.6 Å². The molecule has 0 aliphatic rings. The molecule has 0 saturated carbocycles. The van der Waals surface area contributed by atoms with Gasteiger partial charge in [0.1, 0.15) is 6.04 Å². The summed E-state index contributed by atoms with van der Waals surface area (Å²) < 4.78 is 0. The lowest BCUT2D eigenvalue weighted by Gasteiger charge is -2.20. The van der Waals surface area contributed by atoms with E-state index in [4.69, 9.17) is 0 Å². The fraction of sp³-hybridized carbons (Fsp3) is 0.400. The zero-order chi connectivity index (χ0) is 18.2. The van der Waals surface area contributed by atoms with E-state index in [1.54, 1.807) is 7.05 Å². The number of likely N-dealkylation sites (N-methyl/N-ethyl adjacent to an activating group) is 1. The summed E-state index contributed by atoms with van der Waals surface area (Å²) in [6, 6.07) is 12.4. The predicted molar refractivity (Wildman–Crippen MR) is 99.6 cm³/mol. The van der Waals surface area contributed by atoms with Gasteiger partial charge in [-0.05, 0) is 29.8 Å². The van der Waals surface area contributed by atoms with Crippen LogP contribution < -0.4 is 10.6 Å². The van der Waals surface area contributed by atoms with Gasteiger partial charge in [-0.1, -0.05) is 62.2 Å². The van der Waals surface area contributed by atoms with Crippen molar-refractivity contribution in [2.75, 3.05) is 7.05 Å². The number of aliphatic carboxylic acids is 1. The molecule has 0 heterocycles. The second-order valence-electron chi connectivity index (χ2n) is 6.23. The van der Waals surface area contributed by atoms with Crippen LogP contribution in [-0.2, 0) is 16.0 Å². The Morgan fingerprint density at radius 2 is 1.80 bits per heavy atom. The molecule has 0 spiro atoms. The molecule has 0 aliphatic carbocycles. The molecule has 0 saturated heterocycles. The van der Waals surface area contributed by atoms with Gasteiger partial charge in [0.15, 0.2) is 0 Å². The molecule has 2 rings (SSSR count). The van der Waals surface area contributed by atoms with Crippen LogP contribution in [0.5, 0.6) is 0 Å². The highest BCUT2D eigenvalue weighted by atomic mass is 16.4. The molecule has 25 heavy (non-hydrogen) atoms. The highest BCUT2D eigenvalue weighted by molar-refractivity contribution is 5.89. The number of benzene rings is 2. The van der Waals surface area contributed by atoms with Crippen LogP contribution in [0.1, 0.15) is 31.7 Å². The van der Waals surface area contributed by atoms with Crippen LogP contribution in [0, 0.1) is 0 Å². The third-order valence-electron chi connectivity index (χ3n) is 4.43. The first-order valence-corrected chi connectivity index (χ1v) is 8.74. The van der Waals surface area contributed by atoms with Gasteiger partial charge in [-0.15, -0.1) is 0 Å². The maximum absolute atomic E-state index is 12.4. The fourth-order valence-corrected chi connectivity index (χ4v) is 2.98. The minimum absolute atomic E-state index is 0.257. The molecule has 5 nitrogen and oxygen atoms in total. The van der Waals surface area contributed by atoms with E-state index in [2.05, 4.69) is 17.6 Å². The van der Waals surface area contributed by atoms with Crippen molar-refractivity contribution < 1.29 is 14.7 Å². The third kappa shape index (κ3) is 5.03. The van der Waals surface area contributed by atoms with E-state index in [0.29, 0.717) is 6.42 Å².